The highest BCUT2D eigenvalue weighted by Crippen LogP contribution is 2.34. The molecule has 0 aliphatic carbocycles. The van der Waals surface area contributed by atoms with Gasteiger partial charge in [-0.2, -0.15) is 0 Å². The van der Waals surface area contributed by atoms with Crippen molar-refractivity contribution in [2.24, 2.45) is 4.99 Å². The van der Waals surface area contributed by atoms with E-state index in [4.69, 9.17) is 9.47 Å². The highest BCUT2D eigenvalue weighted by Gasteiger charge is 2.13. The number of halogens is 1. The summed E-state index contributed by atoms with van der Waals surface area (Å²) in [4.78, 5) is 4.55. The van der Waals surface area contributed by atoms with Crippen molar-refractivity contribution in [2.75, 3.05) is 18.7 Å². The van der Waals surface area contributed by atoms with E-state index in [1.807, 2.05) is 18.2 Å². The second-order valence-corrected chi connectivity index (χ2v) is 4.33. The van der Waals surface area contributed by atoms with E-state index in [1.165, 1.54) is 19.3 Å². The summed E-state index contributed by atoms with van der Waals surface area (Å²) in [6.45, 7) is 1.26. The van der Waals surface area contributed by atoms with Crippen molar-refractivity contribution in [1.82, 2.24) is 0 Å². The maximum absolute atomic E-state index is 5.35. The molecule has 1 aromatic rings. The third-order valence-corrected chi connectivity index (χ3v) is 3.04. The van der Waals surface area contributed by atoms with Crippen LogP contribution in [0.1, 0.15) is 25.7 Å². The normalized spacial score (nSPS) is 17.4. The summed E-state index contributed by atoms with van der Waals surface area (Å²) in [7, 11) is 0. The zero-order valence-corrected chi connectivity index (χ0v) is 11.0. The molecule has 0 aromatic heterocycles. The van der Waals surface area contributed by atoms with Crippen molar-refractivity contribution < 1.29 is 9.47 Å². The van der Waals surface area contributed by atoms with E-state index in [2.05, 4.69) is 10.3 Å². The highest BCUT2D eigenvalue weighted by molar-refractivity contribution is 5.95. The number of anilines is 1. The molecule has 0 saturated carbocycles. The third kappa shape index (κ3) is 2.88. The molecule has 2 heterocycles. The Bertz CT molecular complexity index is 449. The molecule has 1 aromatic carbocycles. The second kappa shape index (κ2) is 5.96. The van der Waals surface area contributed by atoms with E-state index in [0.717, 1.165) is 36.0 Å². The first-order valence-corrected chi connectivity index (χ1v) is 6.12. The standard InChI is InChI=1S/C13H16N2O2.ClH/c1-2-4-13(14-7-3-1)15-10-5-6-11-12(8-10)17-9-16-11;/h5-6,8H,1-4,7,9H2,(H,14,15);1H. The van der Waals surface area contributed by atoms with Gasteiger partial charge in [0.2, 0.25) is 6.79 Å². The molecular formula is C13H17ClN2O2. The van der Waals surface area contributed by atoms with Crippen LogP contribution >= 0.6 is 12.4 Å². The molecule has 0 bridgehead atoms. The molecule has 0 unspecified atom stereocenters. The predicted molar refractivity (Wildman–Crippen MR) is 74.2 cm³/mol. The van der Waals surface area contributed by atoms with Gasteiger partial charge in [0.1, 0.15) is 5.84 Å². The maximum atomic E-state index is 5.35. The topological polar surface area (TPSA) is 42.9 Å². The number of nitrogens with one attached hydrogen (secondary N) is 1. The third-order valence-electron chi connectivity index (χ3n) is 3.04. The Labute approximate surface area is 113 Å². The van der Waals surface area contributed by atoms with Gasteiger partial charge in [0.05, 0.1) is 0 Å². The lowest BCUT2D eigenvalue weighted by molar-refractivity contribution is 0.174. The van der Waals surface area contributed by atoms with Crippen LogP contribution in [0.2, 0.25) is 0 Å². The minimum atomic E-state index is 0. The smallest absolute Gasteiger partial charge is 0.231 e. The number of hydrogen-bond donors (Lipinski definition) is 1. The number of nitrogens with zero attached hydrogens (tertiary/aromatic N) is 1. The van der Waals surface area contributed by atoms with Gasteiger partial charge in [-0.25, -0.2) is 0 Å². The van der Waals surface area contributed by atoms with Crippen molar-refractivity contribution in [2.45, 2.75) is 25.7 Å². The van der Waals surface area contributed by atoms with Crippen molar-refractivity contribution in [3.63, 3.8) is 0 Å². The van der Waals surface area contributed by atoms with Crippen LogP contribution in [-0.2, 0) is 0 Å². The maximum Gasteiger partial charge on any atom is 0.231 e. The molecule has 3 rings (SSSR count). The molecule has 4 nitrogen and oxygen atoms in total. The van der Waals surface area contributed by atoms with Crippen LogP contribution in [0.25, 0.3) is 0 Å². The van der Waals surface area contributed by atoms with Crippen molar-refractivity contribution >= 4 is 23.9 Å². The molecular weight excluding hydrogens is 252 g/mol. The lowest BCUT2D eigenvalue weighted by atomic mass is 10.2. The molecule has 0 fully saturated rings. The van der Waals surface area contributed by atoms with Gasteiger partial charge >= 0.3 is 0 Å². The summed E-state index contributed by atoms with van der Waals surface area (Å²) in [5, 5.41) is 3.36. The summed E-state index contributed by atoms with van der Waals surface area (Å²) < 4.78 is 10.6. The average Bonchev–Trinajstić information content (AvgIpc) is 2.65. The van der Waals surface area contributed by atoms with E-state index < -0.39 is 0 Å². The van der Waals surface area contributed by atoms with E-state index in [-0.39, 0.29) is 12.4 Å². The Morgan fingerprint density at radius 1 is 1.06 bits per heavy atom. The van der Waals surface area contributed by atoms with Crippen LogP contribution in [0.4, 0.5) is 5.69 Å². The largest absolute Gasteiger partial charge is 0.454 e. The van der Waals surface area contributed by atoms with Crippen LogP contribution in [0, 0.1) is 0 Å². The van der Waals surface area contributed by atoms with Crippen molar-refractivity contribution in [3.8, 4) is 11.5 Å². The Morgan fingerprint density at radius 2 is 1.94 bits per heavy atom. The van der Waals surface area contributed by atoms with Gasteiger partial charge in [0.15, 0.2) is 11.5 Å². The van der Waals surface area contributed by atoms with Crippen molar-refractivity contribution in [1.29, 1.82) is 0 Å². The quantitative estimate of drug-likeness (QED) is 0.850. The van der Waals surface area contributed by atoms with E-state index in [9.17, 15) is 0 Å². The molecule has 0 atom stereocenters. The summed E-state index contributed by atoms with van der Waals surface area (Å²) in [6.07, 6.45) is 4.73. The molecule has 0 saturated heterocycles. The molecule has 2 aliphatic heterocycles. The van der Waals surface area contributed by atoms with Gasteiger partial charge < -0.3 is 14.8 Å². The summed E-state index contributed by atoms with van der Waals surface area (Å²) >= 11 is 0. The fourth-order valence-corrected chi connectivity index (χ4v) is 2.12. The van der Waals surface area contributed by atoms with Crippen LogP contribution in [0.15, 0.2) is 23.2 Å². The first-order valence-electron chi connectivity index (χ1n) is 6.12. The zero-order valence-electron chi connectivity index (χ0n) is 10.1. The fourth-order valence-electron chi connectivity index (χ4n) is 2.12. The second-order valence-electron chi connectivity index (χ2n) is 4.33. The summed E-state index contributed by atoms with van der Waals surface area (Å²) in [6, 6.07) is 5.90. The lowest BCUT2D eigenvalue weighted by Crippen LogP contribution is -2.11. The number of ether oxygens (including phenoxy) is 2. The molecule has 5 heteroatoms. The Kier molecular flexibility index (Phi) is 4.31. The van der Waals surface area contributed by atoms with Gasteiger partial charge in [0, 0.05) is 24.7 Å². The predicted octanol–water partition coefficient (Wildman–Crippen LogP) is 3.22. The van der Waals surface area contributed by atoms with Crippen LogP contribution in [-0.4, -0.2) is 19.2 Å². The minimum absolute atomic E-state index is 0. The van der Waals surface area contributed by atoms with Gasteiger partial charge in [-0.05, 0) is 25.0 Å². The highest BCUT2D eigenvalue weighted by atomic mass is 35.5. The SMILES string of the molecule is Cl.c1cc2c(cc1NC1=NCCCCC1)OCO2. The van der Waals surface area contributed by atoms with Crippen LogP contribution < -0.4 is 14.8 Å². The summed E-state index contributed by atoms with van der Waals surface area (Å²) in [5.74, 6) is 2.71. The first-order chi connectivity index (χ1) is 8.42. The Morgan fingerprint density at radius 3 is 2.89 bits per heavy atom. The van der Waals surface area contributed by atoms with Gasteiger partial charge in [-0.1, -0.05) is 6.42 Å². The minimum Gasteiger partial charge on any atom is -0.454 e. The number of fused-ring (bicyclic) bond motifs is 1. The molecule has 2 aliphatic rings. The van der Waals surface area contributed by atoms with Crippen molar-refractivity contribution in [3.05, 3.63) is 18.2 Å². The lowest BCUT2D eigenvalue weighted by Gasteiger charge is -2.08. The number of rotatable bonds is 1. The molecule has 18 heavy (non-hydrogen) atoms. The van der Waals surface area contributed by atoms with Crippen LogP contribution in [0.5, 0.6) is 11.5 Å². The van der Waals surface area contributed by atoms with Gasteiger partial charge in [-0.15, -0.1) is 12.4 Å². The number of aliphatic imine (C=N–C) groups is 1. The number of amidine groups is 1. The average molecular weight is 269 g/mol. The van der Waals surface area contributed by atoms with E-state index in [0.29, 0.717) is 6.79 Å². The van der Waals surface area contributed by atoms with Gasteiger partial charge in [-0.3, -0.25) is 4.99 Å². The zero-order chi connectivity index (χ0) is 11.5. The van der Waals surface area contributed by atoms with Gasteiger partial charge in [0.25, 0.3) is 0 Å². The monoisotopic (exact) mass is 268 g/mol. The Hall–Kier alpha value is -1.42. The molecule has 98 valence electrons. The number of hydrogen-bond acceptors (Lipinski definition) is 4. The molecule has 1 N–H and O–H groups in total. The molecule has 0 radical (unpaired) electrons. The molecule has 0 amide bonds. The summed E-state index contributed by atoms with van der Waals surface area (Å²) in [5.41, 5.74) is 1.02. The van der Waals surface area contributed by atoms with Crippen LogP contribution in [0.3, 0.4) is 0 Å². The fraction of sp³-hybridized carbons (Fsp3) is 0.462. The first kappa shape index (κ1) is 13.0. The van der Waals surface area contributed by atoms with E-state index in [1.54, 1.807) is 0 Å². The molecule has 0 spiro atoms. The number of benzene rings is 1. The Balaban J connectivity index is 0.00000120. The van der Waals surface area contributed by atoms with E-state index >= 15 is 0 Å².